The van der Waals surface area contributed by atoms with Crippen molar-refractivity contribution in [3.8, 4) is 11.5 Å². The van der Waals surface area contributed by atoms with Crippen LogP contribution in [0.1, 0.15) is 5.56 Å². The van der Waals surface area contributed by atoms with E-state index in [9.17, 15) is 10.1 Å². The van der Waals surface area contributed by atoms with Gasteiger partial charge in [-0.1, -0.05) is 22.0 Å². The number of nitro groups is 1. The van der Waals surface area contributed by atoms with E-state index in [-0.39, 0.29) is 5.69 Å². The summed E-state index contributed by atoms with van der Waals surface area (Å²) in [6, 6.07) is 10.0. The molecule has 2 aromatic carbocycles. The summed E-state index contributed by atoms with van der Waals surface area (Å²) < 4.78 is 7.15. The molecular formula is C13H8Br3NO3. The molecule has 2 rings (SSSR count). The number of nitro benzene ring substituents is 1. The summed E-state index contributed by atoms with van der Waals surface area (Å²) in [7, 11) is 0. The van der Waals surface area contributed by atoms with E-state index in [1.807, 2.05) is 18.2 Å². The Balaban J connectivity index is 2.34. The molecular weight excluding hydrogens is 458 g/mol. The Labute approximate surface area is 140 Å². The van der Waals surface area contributed by atoms with Gasteiger partial charge in [0.2, 0.25) is 0 Å². The minimum atomic E-state index is -0.456. The van der Waals surface area contributed by atoms with Gasteiger partial charge >= 0.3 is 0 Å². The molecule has 0 unspecified atom stereocenters. The zero-order chi connectivity index (χ0) is 14.7. The Bertz CT molecular complexity index is 661. The Kier molecular flexibility index (Phi) is 5.17. The zero-order valence-electron chi connectivity index (χ0n) is 9.98. The minimum Gasteiger partial charge on any atom is -0.455 e. The number of non-ortho nitro benzene ring substituents is 1. The van der Waals surface area contributed by atoms with E-state index in [0.717, 1.165) is 15.4 Å². The first kappa shape index (κ1) is 15.5. The maximum Gasteiger partial charge on any atom is 0.273 e. The average Bonchev–Trinajstić information content (AvgIpc) is 2.42. The van der Waals surface area contributed by atoms with Crippen LogP contribution in [-0.4, -0.2) is 4.92 Å². The number of rotatable bonds is 4. The van der Waals surface area contributed by atoms with Crippen LogP contribution < -0.4 is 4.74 Å². The first-order valence-corrected chi connectivity index (χ1v) is 8.18. The van der Waals surface area contributed by atoms with Crippen molar-refractivity contribution in [1.82, 2.24) is 0 Å². The highest BCUT2D eigenvalue weighted by Gasteiger charge is 2.12. The van der Waals surface area contributed by atoms with Gasteiger partial charge in [0.05, 0.1) is 19.9 Å². The molecule has 104 valence electrons. The number of hydrogen-bond donors (Lipinski definition) is 0. The monoisotopic (exact) mass is 463 g/mol. The van der Waals surface area contributed by atoms with Gasteiger partial charge in [-0.3, -0.25) is 10.1 Å². The largest absolute Gasteiger partial charge is 0.455 e. The van der Waals surface area contributed by atoms with Gasteiger partial charge in [0.15, 0.2) is 0 Å². The number of hydrogen-bond acceptors (Lipinski definition) is 3. The van der Waals surface area contributed by atoms with E-state index in [0.29, 0.717) is 16.0 Å². The van der Waals surface area contributed by atoms with Crippen LogP contribution in [0.15, 0.2) is 45.3 Å². The molecule has 0 aromatic heterocycles. The fraction of sp³-hybridized carbons (Fsp3) is 0.0769. The lowest BCUT2D eigenvalue weighted by Gasteiger charge is -2.10. The van der Waals surface area contributed by atoms with Gasteiger partial charge in [-0.2, -0.15) is 0 Å². The summed E-state index contributed by atoms with van der Waals surface area (Å²) in [5.41, 5.74) is 1.08. The minimum absolute atomic E-state index is 0.0172. The lowest BCUT2D eigenvalue weighted by molar-refractivity contribution is -0.384. The van der Waals surface area contributed by atoms with Gasteiger partial charge < -0.3 is 4.74 Å². The Hall–Kier alpha value is -0.920. The van der Waals surface area contributed by atoms with Crippen LogP contribution in [0, 0.1) is 10.1 Å². The highest BCUT2D eigenvalue weighted by Crippen LogP contribution is 2.36. The van der Waals surface area contributed by atoms with Crippen LogP contribution in [-0.2, 0) is 5.33 Å². The second kappa shape index (κ2) is 6.69. The van der Waals surface area contributed by atoms with Crippen molar-refractivity contribution < 1.29 is 9.66 Å². The lowest BCUT2D eigenvalue weighted by Crippen LogP contribution is -1.91. The van der Waals surface area contributed by atoms with Gasteiger partial charge in [0.25, 0.3) is 5.69 Å². The van der Waals surface area contributed by atoms with Crippen LogP contribution in [0.3, 0.4) is 0 Å². The Morgan fingerprint density at radius 1 is 1.05 bits per heavy atom. The van der Waals surface area contributed by atoms with E-state index < -0.39 is 4.92 Å². The van der Waals surface area contributed by atoms with Crippen molar-refractivity contribution in [3.05, 3.63) is 61.0 Å². The van der Waals surface area contributed by atoms with E-state index >= 15 is 0 Å². The van der Waals surface area contributed by atoms with E-state index in [1.54, 1.807) is 6.07 Å². The van der Waals surface area contributed by atoms with Gasteiger partial charge in [-0.05, 0) is 55.6 Å². The SMILES string of the molecule is O=[N+]([O-])c1ccc(Br)c(Oc2ccc(CBr)cc2Br)c1. The zero-order valence-corrected chi connectivity index (χ0v) is 14.7. The van der Waals surface area contributed by atoms with E-state index in [1.165, 1.54) is 12.1 Å². The molecule has 0 aliphatic carbocycles. The smallest absolute Gasteiger partial charge is 0.273 e. The summed E-state index contributed by atoms with van der Waals surface area (Å²) in [5, 5.41) is 11.5. The van der Waals surface area contributed by atoms with Crippen molar-refractivity contribution in [2.24, 2.45) is 0 Å². The van der Waals surface area contributed by atoms with Crippen LogP contribution in [0.2, 0.25) is 0 Å². The second-order valence-corrected chi connectivity index (χ2v) is 6.14. The molecule has 2 aromatic rings. The highest BCUT2D eigenvalue weighted by molar-refractivity contribution is 9.11. The summed E-state index contributed by atoms with van der Waals surface area (Å²) in [5.74, 6) is 0.988. The van der Waals surface area contributed by atoms with Crippen LogP contribution in [0.5, 0.6) is 11.5 Å². The molecule has 0 radical (unpaired) electrons. The Morgan fingerprint density at radius 3 is 2.40 bits per heavy atom. The number of halogens is 3. The molecule has 0 atom stereocenters. The number of alkyl halides is 1. The van der Waals surface area contributed by atoms with Crippen LogP contribution >= 0.6 is 47.8 Å². The van der Waals surface area contributed by atoms with E-state index in [2.05, 4.69) is 47.8 Å². The van der Waals surface area contributed by atoms with Gasteiger partial charge in [-0.15, -0.1) is 0 Å². The molecule has 4 nitrogen and oxygen atoms in total. The average molecular weight is 466 g/mol. The molecule has 0 saturated carbocycles. The molecule has 0 fully saturated rings. The van der Waals surface area contributed by atoms with Crippen molar-refractivity contribution in [3.63, 3.8) is 0 Å². The topological polar surface area (TPSA) is 52.4 Å². The second-order valence-electron chi connectivity index (χ2n) is 3.87. The molecule has 0 amide bonds. The van der Waals surface area contributed by atoms with Crippen molar-refractivity contribution in [1.29, 1.82) is 0 Å². The Morgan fingerprint density at radius 2 is 1.80 bits per heavy atom. The van der Waals surface area contributed by atoms with Crippen LogP contribution in [0.25, 0.3) is 0 Å². The van der Waals surface area contributed by atoms with Crippen molar-refractivity contribution >= 4 is 53.5 Å². The molecule has 7 heteroatoms. The third-order valence-corrected chi connectivity index (χ3v) is 4.42. The van der Waals surface area contributed by atoms with Crippen molar-refractivity contribution in [2.75, 3.05) is 0 Å². The normalized spacial score (nSPS) is 10.3. The maximum absolute atomic E-state index is 10.8. The van der Waals surface area contributed by atoms with Gasteiger partial charge in [0.1, 0.15) is 11.5 Å². The summed E-state index contributed by atoms with van der Waals surface area (Å²) >= 11 is 10.1. The molecule has 0 heterocycles. The predicted molar refractivity (Wildman–Crippen MR) is 87.6 cm³/mol. The number of benzene rings is 2. The van der Waals surface area contributed by atoms with Gasteiger partial charge in [-0.25, -0.2) is 0 Å². The standard InChI is InChI=1S/C13H8Br3NO3/c14-7-8-1-4-12(11(16)5-8)20-13-6-9(17(18)19)2-3-10(13)15/h1-6H,7H2. The maximum atomic E-state index is 10.8. The van der Waals surface area contributed by atoms with Gasteiger partial charge in [0, 0.05) is 11.4 Å². The van der Waals surface area contributed by atoms with E-state index in [4.69, 9.17) is 4.74 Å². The summed E-state index contributed by atoms with van der Waals surface area (Å²) in [6.45, 7) is 0. The molecule has 0 saturated heterocycles. The molecule has 0 N–H and O–H groups in total. The third-order valence-electron chi connectivity index (χ3n) is 2.50. The van der Waals surface area contributed by atoms with Crippen LogP contribution in [0.4, 0.5) is 5.69 Å². The molecule has 0 bridgehead atoms. The highest BCUT2D eigenvalue weighted by atomic mass is 79.9. The fourth-order valence-corrected chi connectivity index (χ4v) is 2.70. The predicted octanol–water partition coefficient (Wildman–Crippen LogP) is 5.81. The summed E-state index contributed by atoms with van der Waals surface area (Å²) in [4.78, 5) is 10.3. The molecule has 0 aliphatic rings. The number of nitrogens with zero attached hydrogens (tertiary/aromatic N) is 1. The quantitative estimate of drug-likeness (QED) is 0.325. The number of ether oxygens (including phenoxy) is 1. The first-order chi connectivity index (χ1) is 9.51. The first-order valence-electron chi connectivity index (χ1n) is 5.47. The molecule has 20 heavy (non-hydrogen) atoms. The third kappa shape index (κ3) is 3.59. The lowest BCUT2D eigenvalue weighted by atomic mass is 10.2. The summed E-state index contributed by atoms with van der Waals surface area (Å²) in [6.07, 6.45) is 0. The molecule has 0 spiro atoms. The molecule has 0 aliphatic heterocycles. The van der Waals surface area contributed by atoms with Crippen molar-refractivity contribution in [2.45, 2.75) is 5.33 Å². The fourth-order valence-electron chi connectivity index (χ4n) is 1.51.